The predicted octanol–water partition coefficient (Wildman–Crippen LogP) is 22.3. The Morgan fingerprint density at radius 2 is 0.688 bits per heavy atom. The molecule has 0 aliphatic heterocycles. The lowest BCUT2D eigenvalue weighted by molar-refractivity contribution is -0.870. The van der Waals surface area contributed by atoms with Gasteiger partial charge in [0.1, 0.15) is 13.2 Å². The van der Waals surface area contributed by atoms with E-state index >= 15 is 0 Å². The normalized spacial score (nSPS) is 13.6. The Labute approximate surface area is 501 Å². The van der Waals surface area contributed by atoms with Crippen molar-refractivity contribution < 1.29 is 32.9 Å². The number of amides is 1. The number of likely N-dealkylation sites (N-methyl/N-ethyl adjacent to an activating group) is 1. The number of hydrogen-bond donors (Lipinski definition) is 2. The molecule has 0 fully saturated rings. The van der Waals surface area contributed by atoms with E-state index < -0.39 is 20.0 Å². The Hall–Kier alpha value is -0.760. The van der Waals surface area contributed by atoms with E-state index in [0.717, 1.165) is 38.5 Å². The number of carbonyl (C=O) groups excluding carboxylic acids is 1. The van der Waals surface area contributed by atoms with E-state index in [1.807, 2.05) is 21.1 Å². The fourth-order valence-corrected chi connectivity index (χ4v) is 12.1. The van der Waals surface area contributed by atoms with Gasteiger partial charge in [0.2, 0.25) is 5.91 Å². The van der Waals surface area contributed by atoms with Crippen LogP contribution in [0.2, 0.25) is 0 Å². The number of nitrogens with zero attached hydrogens (tertiary/aromatic N) is 1. The van der Waals surface area contributed by atoms with Crippen LogP contribution < -0.4 is 10.2 Å². The number of aliphatic hydroxyl groups excluding tert-OH is 1. The van der Waals surface area contributed by atoms with Gasteiger partial charge in [-0.3, -0.25) is 9.36 Å². The number of aliphatic hydroxyl groups is 1. The lowest BCUT2D eigenvalue weighted by atomic mass is 10.0. The molecule has 3 atom stereocenters. The third-order valence-corrected chi connectivity index (χ3v) is 18.0. The van der Waals surface area contributed by atoms with E-state index in [1.165, 1.54) is 321 Å². The van der Waals surface area contributed by atoms with E-state index in [-0.39, 0.29) is 19.1 Å². The Morgan fingerprint density at radius 3 is 0.975 bits per heavy atom. The standard InChI is InChI=1S/C71H143N2O6P/c1-6-8-10-12-14-16-18-20-22-24-26-28-30-32-34-36-38-40-42-44-46-48-50-52-54-56-58-60-62-64-70(74)69(68-79-80(76,77)78-67-66-73(3,4)5)72-71(75)65-63-61-59-57-55-53-51-49-47-45-43-41-39-37-35-33-31-29-27-25-23-21-19-17-15-13-11-9-7-2/h25,27,69-70,74H,6-24,26,28-68H2,1-5H3,(H-,72,75,76,77)/b27-25-. The van der Waals surface area contributed by atoms with Gasteiger partial charge in [-0.25, -0.2) is 0 Å². The second-order valence-corrected chi connectivity index (χ2v) is 27.7. The Morgan fingerprint density at radius 1 is 0.425 bits per heavy atom. The molecule has 1 amide bonds. The molecular weight excluding hydrogens is 1010 g/mol. The lowest BCUT2D eigenvalue weighted by Crippen LogP contribution is -2.46. The molecule has 0 heterocycles. The minimum absolute atomic E-state index is 0.0158. The molecule has 0 saturated carbocycles. The zero-order valence-electron chi connectivity index (χ0n) is 54.8. The van der Waals surface area contributed by atoms with Gasteiger partial charge in [-0.05, 0) is 38.5 Å². The van der Waals surface area contributed by atoms with E-state index in [2.05, 4.69) is 31.3 Å². The Kier molecular flexibility index (Phi) is 62.2. The van der Waals surface area contributed by atoms with Crippen LogP contribution in [0.15, 0.2) is 12.2 Å². The van der Waals surface area contributed by atoms with Crippen molar-refractivity contribution in [3.63, 3.8) is 0 Å². The SMILES string of the molecule is CCCCCCCCCC/C=C\CCCCCCCCCCCCCCCCCCCC(=O)NC(COP(=O)([O-])OCC[N+](C)(C)C)C(O)CCCCCCCCCCCCCCCCCCCCCCCCCCCCCCC. The van der Waals surface area contributed by atoms with Gasteiger partial charge in [0.15, 0.2) is 0 Å². The van der Waals surface area contributed by atoms with Crippen molar-refractivity contribution in [1.29, 1.82) is 0 Å². The molecule has 3 unspecified atom stereocenters. The summed E-state index contributed by atoms with van der Waals surface area (Å²) in [5, 5.41) is 14.1. The van der Waals surface area contributed by atoms with Crippen molar-refractivity contribution in [1.82, 2.24) is 5.32 Å². The van der Waals surface area contributed by atoms with Gasteiger partial charge in [0.25, 0.3) is 7.82 Å². The molecular formula is C71H143N2O6P. The first-order chi connectivity index (χ1) is 39.0. The average Bonchev–Trinajstić information content (AvgIpc) is 3.42. The van der Waals surface area contributed by atoms with Gasteiger partial charge in [-0.15, -0.1) is 0 Å². The fourth-order valence-electron chi connectivity index (χ4n) is 11.4. The van der Waals surface area contributed by atoms with Crippen LogP contribution in [0.5, 0.6) is 0 Å². The molecule has 0 radical (unpaired) electrons. The molecule has 0 spiro atoms. The summed E-state index contributed by atoms with van der Waals surface area (Å²) in [6.07, 6.45) is 80.1. The molecule has 8 nitrogen and oxygen atoms in total. The highest BCUT2D eigenvalue weighted by Gasteiger charge is 2.24. The third-order valence-electron chi connectivity index (χ3n) is 17.0. The van der Waals surface area contributed by atoms with Gasteiger partial charge in [-0.1, -0.05) is 353 Å². The molecule has 2 N–H and O–H groups in total. The summed E-state index contributed by atoms with van der Waals surface area (Å²) in [5.74, 6) is -0.155. The molecule has 0 bridgehead atoms. The summed E-state index contributed by atoms with van der Waals surface area (Å²) in [6, 6.07) is -0.799. The summed E-state index contributed by atoms with van der Waals surface area (Å²) >= 11 is 0. The predicted molar refractivity (Wildman–Crippen MR) is 349 cm³/mol. The molecule has 0 aromatic heterocycles. The van der Waals surface area contributed by atoms with Crippen LogP contribution in [0.4, 0.5) is 0 Å². The van der Waals surface area contributed by atoms with Crippen molar-refractivity contribution in [3.05, 3.63) is 12.2 Å². The molecule has 0 saturated heterocycles. The van der Waals surface area contributed by atoms with Crippen molar-refractivity contribution >= 4 is 13.7 Å². The van der Waals surface area contributed by atoms with Crippen molar-refractivity contribution in [2.24, 2.45) is 0 Å². The number of allylic oxidation sites excluding steroid dienone is 2. The number of phosphoric ester groups is 1. The fraction of sp³-hybridized carbons (Fsp3) is 0.958. The summed E-state index contributed by atoms with van der Waals surface area (Å²) in [4.78, 5) is 25.7. The monoisotopic (exact) mass is 1150 g/mol. The molecule has 0 rings (SSSR count). The maximum absolute atomic E-state index is 13.1. The summed E-state index contributed by atoms with van der Waals surface area (Å²) < 4.78 is 23.6. The molecule has 0 aromatic carbocycles. The Bertz CT molecular complexity index is 1310. The van der Waals surface area contributed by atoms with Gasteiger partial charge in [0, 0.05) is 6.42 Å². The van der Waals surface area contributed by atoms with Gasteiger partial charge in [0.05, 0.1) is 39.9 Å². The van der Waals surface area contributed by atoms with Crippen LogP contribution in [0.1, 0.15) is 386 Å². The van der Waals surface area contributed by atoms with Crippen LogP contribution in [0, 0.1) is 0 Å². The van der Waals surface area contributed by atoms with Crippen LogP contribution in [-0.2, 0) is 18.4 Å². The summed E-state index contributed by atoms with van der Waals surface area (Å²) in [6.45, 7) is 4.79. The van der Waals surface area contributed by atoms with Crippen molar-refractivity contribution in [2.75, 3.05) is 40.9 Å². The van der Waals surface area contributed by atoms with E-state index in [4.69, 9.17) is 9.05 Å². The lowest BCUT2D eigenvalue weighted by Gasteiger charge is -2.30. The van der Waals surface area contributed by atoms with Crippen molar-refractivity contribution in [2.45, 2.75) is 398 Å². The number of nitrogens with one attached hydrogen (secondary N) is 1. The average molecular weight is 1150 g/mol. The number of hydrogen-bond acceptors (Lipinski definition) is 6. The van der Waals surface area contributed by atoms with E-state index in [1.54, 1.807) is 0 Å². The first-order valence-electron chi connectivity index (χ1n) is 36.0. The maximum atomic E-state index is 13.1. The van der Waals surface area contributed by atoms with Gasteiger partial charge >= 0.3 is 0 Å². The van der Waals surface area contributed by atoms with Crippen LogP contribution >= 0.6 is 7.82 Å². The number of rotatable bonds is 68. The van der Waals surface area contributed by atoms with E-state index in [9.17, 15) is 19.4 Å². The minimum Gasteiger partial charge on any atom is -0.756 e. The first kappa shape index (κ1) is 79.2. The third kappa shape index (κ3) is 64.8. The zero-order chi connectivity index (χ0) is 58.4. The molecule has 0 aliphatic rings. The number of unbranched alkanes of at least 4 members (excludes halogenated alkanes) is 53. The van der Waals surface area contributed by atoms with Crippen LogP contribution in [0.3, 0.4) is 0 Å². The number of carbonyl (C=O) groups is 1. The maximum Gasteiger partial charge on any atom is 0.268 e. The van der Waals surface area contributed by atoms with Crippen molar-refractivity contribution in [3.8, 4) is 0 Å². The highest BCUT2D eigenvalue weighted by Crippen LogP contribution is 2.38. The topological polar surface area (TPSA) is 108 Å². The quantitative estimate of drug-likeness (QED) is 0.0272. The highest BCUT2D eigenvalue weighted by atomic mass is 31.2. The molecule has 0 aromatic rings. The largest absolute Gasteiger partial charge is 0.756 e. The van der Waals surface area contributed by atoms with E-state index in [0.29, 0.717) is 23.9 Å². The Balaban J connectivity index is 3.98. The zero-order valence-corrected chi connectivity index (χ0v) is 55.7. The second kappa shape index (κ2) is 62.8. The van der Waals surface area contributed by atoms with Crippen LogP contribution in [0.25, 0.3) is 0 Å². The minimum atomic E-state index is -4.58. The van der Waals surface area contributed by atoms with Crippen LogP contribution in [-0.4, -0.2) is 68.5 Å². The summed E-state index contributed by atoms with van der Waals surface area (Å²) in [5.41, 5.74) is 0. The highest BCUT2D eigenvalue weighted by molar-refractivity contribution is 7.45. The molecule has 9 heteroatoms. The smallest absolute Gasteiger partial charge is 0.268 e. The first-order valence-corrected chi connectivity index (χ1v) is 37.5. The summed E-state index contributed by atoms with van der Waals surface area (Å²) in [7, 11) is 1.33. The molecule has 478 valence electrons. The number of quaternary nitrogens is 1. The second-order valence-electron chi connectivity index (χ2n) is 26.3. The molecule has 80 heavy (non-hydrogen) atoms. The number of phosphoric acid groups is 1. The molecule has 0 aliphatic carbocycles. The van der Waals surface area contributed by atoms with Gasteiger partial charge < -0.3 is 28.8 Å². The van der Waals surface area contributed by atoms with Gasteiger partial charge in [-0.2, -0.15) is 0 Å².